The quantitative estimate of drug-likeness (QED) is 0.869. The predicted octanol–water partition coefficient (Wildman–Crippen LogP) is 1.48. The van der Waals surface area contributed by atoms with Gasteiger partial charge < -0.3 is 15.2 Å². The third-order valence-corrected chi connectivity index (χ3v) is 5.82. The highest BCUT2D eigenvalue weighted by Crippen LogP contribution is 2.32. The summed E-state index contributed by atoms with van der Waals surface area (Å²) in [6.45, 7) is 1.59. The Balaban J connectivity index is 0.00000242. The van der Waals surface area contributed by atoms with Crippen molar-refractivity contribution in [1.29, 1.82) is 0 Å². The van der Waals surface area contributed by atoms with Crippen LogP contribution in [0.4, 0.5) is 0 Å². The molecule has 0 unspecified atom stereocenters. The maximum absolute atomic E-state index is 12.8. The van der Waals surface area contributed by atoms with E-state index in [-0.39, 0.29) is 17.3 Å². The number of ether oxygens (including phenoxy) is 2. The number of methoxy groups -OCH3 is 2. The highest BCUT2D eigenvalue weighted by Gasteiger charge is 2.31. The van der Waals surface area contributed by atoms with Gasteiger partial charge in [0, 0.05) is 19.2 Å². The van der Waals surface area contributed by atoms with Gasteiger partial charge in [-0.15, -0.1) is 12.4 Å². The summed E-state index contributed by atoms with van der Waals surface area (Å²) in [6.07, 6.45) is 1.59. The average molecular weight is 351 g/mol. The van der Waals surface area contributed by atoms with Crippen molar-refractivity contribution >= 4 is 22.4 Å². The Bertz CT molecular complexity index is 587. The summed E-state index contributed by atoms with van der Waals surface area (Å²) < 4.78 is 37.4. The lowest BCUT2D eigenvalue weighted by Crippen LogP contribution is -2.40. The molecule has 8 heteroatoms. The van der Waals surface area contributed by atoms with Crippen LogP contribution in [0.2, 0.25) is 0 Å². The molecule has 1 heterocycles. The number of halogens is 1. The molecule has 1 aromatic rings. The smallest absolute Gasteiger partial charge is 0.246 e. The molecule has 22 heavy (non-hydrogen) atoms. The number of nitrogens with zero attached hydrogens (tertiary/aromatic N) is 1. The zero-order valence-corrected chi connectivity index (χ0v) is 14.5. The molecule has 0 radical (unpaired) electrons. The second kappa shape index (κ2) is 8.01. The van der Waals surface area contributed by atoms with Crippen molar-refractivity contribution in [2.45, 2.75) is 17.7 Å². The molecule has 2 N–H and O–H groups in total. The van der Waals surface area contributed by atoms with E-state index in [0.29, 0.717) is 37.1 Å². The van der Waals surface area contributed by atoms with Crippen molar-refractivity contribution < 1.29 is 17.9 Å². The monoisotopic (exact) mass is 350 g/mol. The minimum absolute atomic E-state index is 0. The van der Waals surface area contributed by atoms with Crippen LogP contribution in [0.25, 0.3) is 0 Å². The second-order valence-corrected chi connectivity index (χ2v) is 7.01. The summed E-state index contributed by atoms with van der Waals surface area (Å²) in [6, 6.07) is 4.79. The number of rotatable bonds is 5. The van der Waals surface area contributed by atoms with Crippen LogP contribution in [0.5, 0.6) is 11.5 Å². The Morgan fingerprint density at radius 1 is 1.23 bits per heavy atom. The van der Waals surface area contributed by atoms with Gasteiger partial charge in [-0.05, 0) is 37.4 Å². The van der Waals surface area contributed by atoms with E-state index in [9.17, 15) is 8.42 Å². The lowest BCUT2D eigenvalue weighted by Gasteiger charge is -2.30. The first-order valence-electron chi connectivity index (χ1n) is 6.95. The molecule has 1 fully saturated rings. The summed E-state index contributed by atoms with van der Waals surface area (Å²) in [5.74, 6) is 1.23. The van der Waals surface area contributed by atoms with Gasteiger partial charge in [0.1, 0.15) is 16.4 Å². The van der Waals surface area contributed by atoms with E-state index >= 15 is 0 Å². The Kier molecular flexibility index (Phi) is 6.93. The molecule has 0 aromatic heterocycles. The van der Waals surface area contributed by atoms with E-state index in [4.69, 9.17) is 15.2 Å². The predicted molar refractivity (Wildman–Crippen MR) is 87.3 cm³/mol. The van der Waals surface area contributed by atoms with Crippen molar-refractivity contribution in [2.75, 3.05) is 33.9 Å². The van der Waals surface area contributed by atoms with Crippen molar-refractivity contribution in [3.05, 3.63) is 18.2 Å². The molecule has 1 aliphatic rings. The van der Waals surface area contributed by atoms with Crippen LogP contribution in [-0.4, -0.2) is 46.6 Å². The molecule has 126 valence electrons. The van der Waals surface area contributed by atoms with Crippen LogP contribution in [-0.2, 0) is 10.0 Å². The zero-order valence-electron chi connectivity index (χ0n) is 12.8. The minimum Gasteiger partial charge on any atom is -0.497 e. The van der Waals surface area contributed by atoms with Crippen LogP contribution in [0, 0.1) is 5.92 Å². The van der Waals surface area contributed by atoms with Crippen molar-refractivity contribution in [3.63, 3.8) is 0 Å². The highest BCUT2D eigenvalue weighted by atomic mass is 35.5. The van der Waals surface area contributed by atoms with Gasteiger partial charge in [0.2, 0.25) is 10.0 Å². The fourth-order valence-corrected chi connectivity index (χ4v) is 4.15. The number of hydrogen-bond acceptors (Lipinski definition) is 5. The third-order valence-electron chi connectivity index (χ3n) is 3.90. The first-order chi connectivity index (χ1) is 10.0. The molecule has 0 amide bonds. The molecular weight excluding hydrogens is 328 g/mol. The Hall–Kier alpha value is -1.02. The summed E-state index contributed by atoms with van der Waals surface area (Å²) in [5, 5.41) is 0. The van der Waals surface area contributed by atoms with Gasteiger partial charge in [-0.1, -0.05) is 0 Å². The highest BCUT2D eigenvalue weighted by molar-refractivity contribution is 7.89. The lowest BCUT2D eigenvalue weighted by molar-refractivity contribution is 0.277. The van der Waals surface area contributed by atoms with Gasteiger partial charge >= 0.3 is 0 Å². The number of hydrogen-bond donors (Lipinski definition) is 1. The fourth-order valence-electron chi connectivity index (χ4n) is 2.51. The second-order valence-electron chi connectivity index (χ2n) is 5.10. The van der Waals surface area contributed by atoms with Crippen LogP contribution in [0.1, 0.15) is 12.8 Å². The van der Waals surface area contributed by atoms with Gasteiger partial charge in [0.05, 0.1) is 14.2 Å². The van der Waals surface area contributed by atoms with Gasteiger partial charge in [-0.2, -0.15) is 4.31 Å². The van der Waals surface area contributed by atoms with Crippen LogP contribution in [0.15, 0.2) is 23.1 Å². The van der Waals surface area contributed by atoms with E-state index < -0.39 is 10.0 Å². The van der Waals surface area contributed by atoms with E-state index in [1.54, 1.807) is 12.1 Å². The normalized spacial score (nSPS) is 16.9. The largest absolute Gasteiger partial charge is 0.497 e. The maximum atomic E-state index is 12.8. The lowest BCUT2D eigenvalue weighted by atomic mass is 9.99. The topological polar surface area (TPSA) is 81.9 Å². The molecule has 2 rings (SSSR count). The van der Waals surface area contributed by atoms with Crippen LogP contribution in [0.3, 0.4) is 0 Å². The van der Waals surface area contributed by atoms with E-state index in [1.807, 2.05) is 0 Å². The van der Waals surface area contributed by atoms with E-state index in [0.717, 1.165) is 12.8 Å². The molecule has 0 aliphatic carbocycles. The van der Waals surface area contributed by atoms with E-state index in [1.165, 1.54) is 24.6 Å². The van der Waals surface area contributed by atoms with Crippen molar-refractivity contribution in [3.8, 4) is 11.5 Å². The third kappa shape index (κ3) is 3.84. The zero-order chi connectivity index (χ0) is 15.5. The molecule has 1 saturated heterocycles. The molecule has 1 aromatic carbocycles. The van der Waals surface area contributed by atoms with Gasteiger partial charge in [-0.25, -0.2) is 8.42 Å². The molecule has 0 atom stereocenters. The first kappa shape index (κ1) is 19.0. The van der Waals surface area contributed by atoms with Gasteiger partial charge in [0.25, 0.3) is 0 Å². The first-order valence-corrected chi connectivity index (χ1v) is 8.39. The number of piperidine rings is 1. The SMILES string of the molecule is COc1ccc(OC)c(S(=O)(=O)N2CCC(CN)CC2)c1.Cl. The molecular formula is C14H23ClN2O4S. The van der Waals surface area contributed by atoms with Gasteiger partial charge in [-0.3, -0.25) is 0 Å². The number of nitrogens with two attached hydrogens (primary N) is 1. The summed E-state index contributed by atoms with van der Waals surface area (Å²) in [5.41, 5.74) is 5.65. The number of sulfonamides is 1. The summed E-state index contributed by atoms with van der Waals surface area (Å²) in [7, 11) is -0.617. The molecule has 0 spiro atoms. The summed E-state index contributed by atoms with van der Waals surface area (Å²) >= 11 is 0. The average Bonchev–Trinajstić information content (AvgIpc) is 2.54. The number of benzene rings is 1. The van der Waals surface area contributed by atoms with Crippen molar-refractivity contribution in [1.82, 2.24) is 4.31 Å². The van der Waals surface area contributed by atoms with Gasteiger partial charge in [0.15, 0.2) is 0 Å². The Labute approximate surface area is 138 Å². The molecule has 0 bridgehead atoms. The van der Waals surface area contributed by atoms with E-state index in [2.05, 4.69) is 0 Å². The standard InChI is InChI=1S/C14H22N2O4S.ClH/c1-19-12-3-4-13(20-2)14(9-12)21(17,18)16-7-5-11(10-15)6-8-16;/h3-4,9,11H,5-8,10,15H2,1-2H3;1H. The molecule has 1 aliphatic heterocycles. The van der Waals surface area contributed by atoms with Crippen LogP contribution < -0.4 is 15.2 Å². The Morgan fingerprint density at radius 3 is 2.36 bits per heavy atom. The molecule has 0 saturated carbocycles. The molecule has 6 nitrogen and oxygen atoms in total. The maximum Gasteiger partial charge on any atom is 0.246 e. The Morgan fingerprint density at radius 2 is 1.86 bits per heavy atom. The van der Waals surface area contributed by atoms with Crippen molar-refractivity contribution in [2.24, 2.45) is 11.7 Å². The minimum atomic E-state index is -3.58. The van der Waals surface area contributed by atoms with Crippen LogP contribution >= 0.6 is 12.4 Å². The summed E-state index contributed by atoms with van der Waals surface area (Å²) in [4.78, 5) is 0.149. The fraction of sp³-hybridized carbons (Fsp3) is 0.571.